The number of carbonyl (C=O) groups is 1. The van der Waals surface area contributed by atoms with Crippen molar-refractivity contribution in [1.82, 2.24) is 4.98 Å². The van der Waals surface area contributed by atoms with Crippen molar-refractivity contribution in [2.75, 3.05) is 38.0 Å². The van der Waals surface area contributed by atoms with Crippen molar-refractivity contribution >= 4 is 38.3 Å². The van der Waals surface area contributed by atoms with Crippen LogP contribution in [-0.4, -0.2) is 37.8 Å². The first kappa shape index (κ1) is 13.7. The molecule has 1 aromatic heterocycles. The van der Waals surface area contributed by atoms with Crippen molar-refractivity contribution in [3.05, 3.63) is 18.2 Å². The third-order valence-corrected chi connectivity index (χ3v) is 3.26. The highest BCUT2D eigenvalue weighted by Gasteiger charge is 2.08. The number of anilines is 2. The number of nitrogens with one attached hydrogen (secondary N) is 1. The summed E-state index contributed by atoms with van der Waals surface area (Å²) in [6.45, 7) is 0.843. The van der Waals surface area contributed by atoms with Gasteiger partial charge in [0.2, 0.25) is 0 Å². The first-order valence-electron chi connectivity index (χ1n) is 5.71. The molecule has 0 aliphatic rings. The number of nitrogens with zero attached hydrogens (tertiary/aromatic N) is 1. The molecule has 6 nitrogen and oxygen atoms in total. The largest absolute Gasteiger partial charge is 0.399 e. The van der Waals surface area contributed by atoms with E-state index in [2.05, 4.69) is 10.3 Å². The molecule has 19 heavy (non-hydrogen) atoms. The lowest BCUT2D eigenvalue weighted by Crippen LogP contribution is -2.19. The Morgan fingerprint density at radius 3 is 3.11 bits per heavy atom. The minimum atomic E-state index is -0.233. The Balaban J connectivity index is 1.91. The molecule has 0 aliphatic heterocycles. The highest BCUT2D eigenvalue weighted by molar-refractivity contribution is 7.22. The lowest BCUT2D eigenvalue weighted by atomic mass is 10.3. The Bertz CT molecular complexity index is 570. The minimum Gasteiger partial charge on any atom is -0.399 e. The van der Waals surface area contributed by atoms with Crippen LogP contribution in [0.1, 0.15) is 0 Å². The van der Waals surface area contributed by atoms with Crippen molar-refractivity contribution in [3.63, 3.8) is 0 Å². The maximum atomic E-state index is 11.6. The van der Waals surface area contributed by atoms with Crippen LogP contribution in [0.5, 0.6) is 0 Å². The Morgan fingerprint density at radius 1 is 1.47 bits per heavy atom. The number of amides is 1. The molecule has 7 heteroatoms. The van der Waals surface area contributed by atoms with Gasteiger partial charge in [0.05, 0.1) is 23.4 Å². The van der Waals surface area contributed by atoms with Crippen LogP contribution in [0.3, 0.4) is 0 Å². The van der Waals surface area contributed by atoms with Crippen molar-refractivity contribution in [2.24, 2.45) is 0 Å². The van der Waals surface area contributed by atoms with Gasteiger partial charge in [0.15, 0.2) is 5.13 Å². The van der Waals surface area contributed by atoms with Crippen LogP contribution in [0.2, 0.25) is 0 Å². The van der Waals surface area contributed by atoms with Crippen LogP contribution in [0.25, 0.3) is 10.2 Å². The summed E-state index contributed by atoms with van der Waals surface area (Å²) in [6.07, 6.45) is 0. The standard InChI is InChI=1S/C12H15N3O3S/c1-17-4-5-18-7-11(16)15-12-14-9-3-2-8(13)6-10(9)19-12/h2-3,6H,4-5,7,13H2,1H3,(H,14,15,16). The summed E-state index contributed by atoms with van der Waals surface area (Å²) in [4.78, 5) is 15.9. The maximum absolute atomic E-state index is 11.6. The molecule has 0 saturated carbocycles. The van der Waals surface area contributed by atoms with Crippen molar-refractivity contribution < 1.29 is 14.3 Å². The van der Waals surface area contributed by atoms with Crippen LogP contribution in [0, 0.1) is 0 Å². The molecule has 0 radical (unpaired) electrons. The monoisotopic (exact) mass is 281 g/mol. The molecule has 1 amide bonds. The predicted octanol–water partition coefficient (Wildman–Crippen LogP) is 1.48. The number of rotatable bonds is 6. The Kier molecular flexibility index (Phi) is 4.67. The highest BCUT2D eigenvalue weighted by Crippen LogP contribution is 2.27. The fourth-order valence-electron chi connectivity index (χ4n) is 1.46. The van der Waals surface area contributed by atoms with E-state index >= 15 is 0 Å². The fraction of sp³-hybridized carbons (Fsp3) is 0.333. The van der Waals surface area contributed by atoms with E-state index in [1.54, 1.807) is 13.2 Å². The van der Waals surface area contributed by atoms with Gasteiger partial charge in [-0.3, -0.25) is 10.1 Å². The third-order valence-electron chi connectivity index (χ3n) is 2.32. The van der Waals surface area contributed by atoms with Gasteiger partial charge in [0, 0.05) is 12.8 Å². The highest BCUT2D eigenvalue weighted by atomic mass is 32.1. The Hall–Kier alpha value is -1.70. The summed E-state index contributed by atoms with van der Waals surface area (Å²) in [6, 6.07) is 5.44. The molecule has 0 atom stereocenters. The Labute approximate surface area is 114 Å². The van der Waals surface area contributed by atoms with Crippen LogP contribution in [-0.2, 0) is 14.3 Å². The first-order chi connectivity index (χ1) is 9.19. The predicted molar refractivity (Wildman–Crippen MR) is 75.4 cm³/mol. The summed E-state index contributed by atoms with van der Waals surface area (Å²) in [7, 11) is 1.58. The number of ether oxygens (including phenoxy) is 2. The molecule has 0 fully saturated rings. The number of fused-ring (bicyclic) bond motifs is 1. The minimum absolute atomic E-state index is 0.0125. The number of benzene rings is 1. The summed E-state index contributed by atoms with van der Waals surface area (Å²) in [5, 5.41) is 3.23. The number of nitrogens with two attached hydrogens (primary N) is 1. The van der Waals surface area contributed by atoms with Gasteiger partial charge in [0.1, 0.15) is 6.61 Å². The molecule has 0 bridgehead atoms. The number of methoxy groups -OCH3 is 1. The molecule has 0 spiro atoms. The van der Waals surface area contributed by atoms with Gasteiger partial charge in [-0.1, -0.05) is 11.3 Å². The lowest BCUT2D eigenvalue weighted by Gasteiger charge is -2.02. The van der Waals surface area contributed by atoms with E-state index in [-0.39, 0.29) is 12.5 Å². The quantitative estimate of drug-likeness (QED) is 0.618. The summed E-state index contributed by atoms with van der Waals surface area (Å²) in [5.41, 5.74) is 7.18. The second-order valence-corrected chi connectivity index (χ2v) is 4.87. The second kappa shape index (κ2) is 6.46. The third kappa shape index (κ3) is 3.88. The van der Waals surface area contributed by atoms with Gasteiger partial charge in [0.25, 0.3) is 5.91 Å². The van der Waals surface area contributed by atoms with E-state index in [9.17, 15) is 4.79 Å². The van der Waals surface area contributed by atoms with Crippen molar-refractivity contribution in [3.8, 4) is 0 Å². The zero-order valence-corrected chi connectivity index (χ0v) is 11.3. The van der Waals surface area contributed by atoms with Crippen LogP contribution < -0.4 is 11.1 Å². The molecular formula is C12H15N3O3S. The normalized spacial score (nSPS) is 10.8. The van der Waals surface area contributed by atoms with Gasteiger partial charge in [-0.15, -0.1) is 0 Å². The van der Waals surface area contributed by atoms with Crippen molar-refractivity contribution in [1.29, 1.82) is 0 Å². The van der Waals surface area contributed by atoms with Crippen molar-refractivity contribution in [2.45, 2.75) is 0 Å². The number of carbonyl (C=O) groups excluding carboxylic acids is 1. The smallest absolute Gasteiger partial charge is 0.252 e. The van der Waals surface area contributed by atoms with Gasteiger partial charge in [-0.25, -0.2) is 4.98 Å². The Morgan fingerprint density at radius 2 is 2.32 bits per heavy atom. The zero-order chi connectivity index (χ0) is 13.7. The van der Waals surface area contributed by atoms with Gasteiger partial charge < -0.3 is 15.2 Å². The van der Waals surface area contributed by atoms with Crippen LogP contribution in [0.4, 0.5) is 10.8 Å². The van der Waals surface area contributed by atoms with E-state index in [4.69, 9.17) is 15.2 Å². The maximum Gasteiger partial charge on any atom is 0.252 e. The summed E-state index contributed by atoms with van der Waals surface area (Å²) in [5.74, 6) is -0.233. The molecular weight excluding hydrogens is 266 g/mol. The van der Waals surface area contributed by atoms with Crippen LogP contribution in [0.15, 0.2) is 18.2 Å². The molecule has 0 unspecified atom stereocenters. The van der Waals surface area contributed by atoms with E-state index < -0.39 is 0 Å². The average molecular weight is 281 g/mol. The number of aromatic nitrogens is 1. The topological polar surface area (TPSA) is 86.5 Å². The molecule has 2 rings (SSSR count). The molecule has 3 N–H and O–H groups in total. The van der Waals surface area contributed by atoms with E-state index in [0.717, 1.165) is 10.2 Å². The van der Waals surface area contributed by atoms with Gasteiger partial charge >= 0.3 is 0 Å². The zero-order valence-electron chi connectivity index (χ0n) is 10.5. The summed E-state index contributed by atoms with van der Waals surface area (Å²) < 4.78 is 10.9. The number of thiazole rings is 1. The van der Waals surface area contributed by atoms with E-state index in [1.807, 2.05) is 12.1 Å². The molecule has 0 saturated heterocycles. The molecule has 1 heterocycles. The summed E-state index contributed by atoms with van der Waals surface area (Å²) >= 11 is 1.38. The fourth-order valence-corrected chi connectivity index (χ4v) is 2.39. The van der Waals surface area contributed by atoms with Gasteiger partial charge in [-0.2, -0.15) is 0 Å². The number of nitrogen functional groups attached to an aromatic ring is 1. The molecule has 1 aromatic carbocycles. The first-order valence-corrected chi connectivity index (χ1v) is 6.53. The van der Waals surface area contributed by atoms with E-state index in [0.29, 0.717) is 24.0 Å². The number of hydrogen-bond acceptors (Lipinski definition) is 6. The van der Waals surface area contributed by atoms with Gasteiger partial charge in [-0.05, 0) is 18.2 Å². The number of hydrogen-bond donors (Lipinski definition) is 2. The molecule has 102 valence electrons. The van der Waals surface area contributed by atoms with E-state index in [1.165, 1.54) is 11.3 Å². The lowest BCUT2D eigenvalue weighted by molar-refractivity contribution is -0.121. The van der Waals surface area contributed by atoms with Crippen LogP contribution >= 0.6 is 11.3 Å². The average Bonchev–Trinajstić information content (AvgIpc) is 2.76. The molecule has 0 aliphatic carbocycles. The SMILES string of the molecule is COCCOCC(=O)Nc1nc2ccc(N)cc2s1. The second-order valence-electron chi connectivity index (χ2n) is 3.84. The molecule has 2 aromatic rings.